The maximum atomic E-state index is 10.4. The molecule has 0 heterocycles. The fourth-order valence-corrected chi connectivity index (χ4v) is 4.39. The highest BCUT2D eigenvalue weighted by Crippen LogP contribution is 2.47. The summed E-state index contributed by atoms with van der Waals surface area (Å²) in [5.74, 6) is 1.47. The summed E-state index contributed by atoms with van der Waals surface area (Å²) < 4.78 is 0. The van der Waals surface area contributed by atoms with E-state index in [2.05, 4.69) is 46.8 Å². The van der Waals surface area contributed by atoms with E-state index < -0.39 is 5.60 Å². The highest BCUT2D eigenvalue weighted by atomic mass is 16.3. The summed E-state index contributed by atoms with van der Waals surface area (Å²) in [7, 11) is 0. The number of benzene rings is 1. The molecule has 0 spiro atoms. The van der Waals surface area contributed by atoms with Crippen LogP contribution in [0.1, 0.15) is 88.5 Å². The molecule has 1 N–H and O–H groups in total. The van der Waals surface area contributed by atoms with Crippen LogP contribution in [0.3, 0.4) is 0 Å². The number of hydrogen-bond acceptors (Lipinski definition) is 1. The van der Waals surface area contributed by atoms with E-state index in [0.717, 1.165) is 11.5 Å². The SMILES string of the molecule is Cc1cc(C2CCC(C)(C(C)C)CC2)cc(C)c1C(C)(C)O. The second kappa shape index (κ2) is 6.00. The molecule has 1 fully saturated rings. The molecule has 1 saturated carbocycles. The smallest absolute Gasteiger partial charge is 0.0845 e. The molecule has 0 aliphatic heterocycles. The molecule has 0 bridgehead atoms. The van der Waals surface area contributed by atoms with Crippen molar-refractivity contribution in [3.63, 3.8) is 0 Å². The minimum atomic E-state index is -0.754. The molecule has 22 heavy (non-hydrogen) atoms. The van der Waals surface area contributed by atoms with Crippen molar-refractivity contribution in [2.75, 3.05) is 0 Å². The Morgan fingerprint density at radius 1 is 1.09 bits per heavy atom. The number of aryl methyl sites for hydroxylation is 2. The Balaban J connectivity index is 2.22. The van der Waals surface area contributed by atoms with Crippen molar-refractivity contribution in [2.24, 2.45) is 11.3 Å². The van der Waals surface area contributed by atoms with Gasteiger partial charge in [0.1, 0.15) is 0 Å². The van der Waals surface area contributed by atoms with E-state index in [4.69, 9.17) is 0 Å². The first-order chi connectivity index (χ1) is 10.0. The molecule has 1 aromatic carbocycles. The fourth-order valence-electron chi connectivity index (χ4n) is 4.39. The lowest BCUT2D eigenvalue weighted by Gasteiger charge is -2.41. The zero-order valence-electron chi connectivity index (χ0n) is 15.6. The van der Waals surface area contributed by atoms with Crippen molar-refractivity contribution in [1.29, 1.82) is 0 Å². The third kappa shape index (κ3) is 3.40. The topological polar surface area (TPSA) is 20.2 Å². The molecule has 0 atom stereocenters. The average molecular weight is 303 g/mol. The first kappa shape index (κ1) is 17.5. The van der Waals surface area contributed by atoms with Gasteiger partial charge in [0, 0.05) is 0 Å². The molecular weight excluding hydrogens is 268 g/mol. The van der Waals surface area contributed by atoms with E-state index >= 15 is 0 Å². The first-order valence-electron chi connectivity index (χ1n) is 8.88. The molecule has 1 nitrogen and oxygen atoms in total. The molecule has 124 valence electrons. The Kier molecular flexibility index (Phi) is 4.78. The van der Waals surface area contributed by atoms with E-state index in [-0.39, 0.29) is 0 Å². The molecule has 1 aliphatic rings. The van der Waals surface area contributed by atoms with Gasteiger partial charge in [-0.15, -0.1) is 0 Å². The van der Waals surface area contributed by atoms with Crippen molar-refractivity contribution in [1.82, 2.24) is 0 Å². The van der Waals surface area contributed by atoms with Gasteiger partial charge in [-0.1, -0.05) is 32.9 Å². The van der Waals surface area contributed by atoms with Crippen LogP contribution in [0.4, 0.5) is 0 Å². The van der Waals surface area contributed by atoms with Crippen LogP contribution in [0.25, 0.3) is 0 Å². The zero-order chi connectivity index (χ0) is 16.7. The quantitative estimate of drug-likeness (QED) is 0.742. The summed E-state index contributed by atoms with van der Waals surface area (Å²) in [5.41, 5.74) is 4.82. The lowest BCUT2D eigenvalue weighted by Crippen LogP contribution is -2.29. The summed E-state index contributed by atoms with van der Waals surface area (Å²) in [4.78, 5) is 0. The van der Waals surface area contributed by atoms with Gasteiger partial charge in [0.15, 0.2) is 0 Å². The molecule has 2 rings (SSSR count). The van der Waals surface area contributed by atoms with Crippen LogP contribution < -0.4 is 0 Å². The van der Waals surface area contributed by atoms with Crippen LogP contribution >= 0.6 is 0 Å². The predicted molar refractivity (Wildman–Crippen MR) is 95.3 cm³/mol. The Hall–Kier alpha value is -0.820. The molecule has 0 radical (unpaired) electrons. The van der Waals surface area contributed by atoms with Crippen molar-refractivity contribution < 1.29 is 5.11 Å². The van der Waals surface area contributed by atoms with Gasteiger partial charge in [-0.3, -0.25) is 0 Å². The highest BCUT2D eigenvalue weighted by molar-refractivity contribution is 5.42. The highest BCUT2D eigenvalue weighted by Gasteiger charge is 2.34. The summed E-state index contributed by atoms with van der Waals surface area (Å²) in [6, 6.07) is 4.64. The Bertz CT molecular complexity index is 502. The monoisotopic (exact) mass is 302 g/mol. The van der Waals surface area contributed by atoms with Crippen molar-refractivity contribution >= 4 is 0 Å². The van der Waals surface area contributed by atoms with E-state index in [1.807, 2.05) is 13.8 Å². The van der Waals surface area contributed by atoms with Crippen LogP contribution in [0, 0.1) is 25.2 Å². The van der Waals surface area contributed by atoms with Crippen LogP contribution in [0.15, 0.2) is 12.1 Å². The van der Waals surface area contributed by atoms with E-state index in [0.29, 0.717) is 11.3 Å². The van der Waals surface area contributed by atoms with Gasteiger partial charge in [-0.05, 0) is 92.9 Å². The van der Waals surface area contributed by atoms with Gasteiger partial charge >= 0.3 is 0 Å². The third-order valence-corrected chi connectivity index (χ3v) is 6.16. The van der Waals surface area contributed by atoms with Crippen molar-refractivity contribution in [3.8, 4) is 0 Å². The lowest BCUT2D eigenvalue weighted by molar-refractivity contribution is 0.0772. The Morgan fingerprint density at radius 3 is 1.91 bits per heavy atom. The van der Waals surface area contributed by atoms with Crippen LogP contribution in [-0.2, 0) is 5.60 Å². The maximum absolute atomic E-state index is 10.4. The van der Waals surface area contributed by atoms with E-state index in [1.165, 1.54) is 42.4 Å². The minimum Gasteiger partial charge on any atom is -0.386 e. The molecule has 0 aromatic heterocycles. The standard InChI is InChI=1S/C21H34O/c1-14(2)21(7)10-8-17(9-11-21)18-12-15(3)19(16(4)13-18)20(5,6)22/h12-14,17,22H,8-11H2,1-7H3. The Labute approximate surface area is 137 Å². The van der Waals surface area contributed by atoms with Gasteiger partial charge in [-0.2, -0.15) is 0 Å². The van der Waals surface area contributed by atoms with Gasteiger partial charge in [0.25, 0.3) is 0 Å². The molecule has 1 heteroatoms. The first-order valence-corrected chi connectivity index (χ1v) is 8.88. The lowest BCUT2D eigenvalue weighted by atomic mass is 9.64. The van der Waals surface area contributed by atoms with E-state index in [1.54, 1.807) is 0 Å². The fraction of sp³-hybridized carbons (Fsp3) is 0.714. The van der Waals surface area contributed by atoms with Crippen molar-refractivity contribution in [3.05, 3.63) is 34.4 Å². The minimum absolute atomic E-state index is 0.521. The average Bonchev–Trinajstić information content (AvgIpc) is 2.36. The normalized spacial score (nSPS) is 26.5. The Morgan fingerprint density at radius 2 is 1.55 bits per heavy atom. The molecule has 1 aliphatic carbocycles. The largest absolute Gasteiger partial charge is 0.386 e. The van der Waals surface area contributed by atoms with Crippen LogP contribution in [0.2, 0.25) is 0 Å². The summed E-state index contributed by atoms with van der Waals surface area (Å²) in [5, 5.41) is 10.4. The van der Waals surface area contributed by atoms with Gasteiger partial charge in [0.2, 0.25) is 0 Å². The molecule has 1 aromatic rings. The predicted octanol–water partition coefficient (Wildman–Crippen LogP) is 5.85. The number of rotatable bonds is 3. The molecule has 0 saturated heterocycles. The summed E-state index contributed by atoms with van der Waals surface area (Å²) >= 11 is 0. The van der Waals surface area contributed by atoms with Crippen molar-refractivity contribution in [2.45, 2.75) is 85.7 Å². The third-order valence-electron chi connectivity index (χ3n) is 6.16. The van der Waals surface area contributed by atoms with Gasteiger partial charge < -0.3 is 5.11 Å². The van der Waals surface area contributed by atoms with Gasteiger partial charge in [-0.25, -0.2) is 0 Å². The maximum Gasteiger partial charge on any atom is 0.0845 e. The number of aliphatic hydroxyl groups is 1. The second-order valence-electron chi connectivity index (χ2n) is 8.67. The zero-order valence-corrected chi connectivity index (χ0v) is 15.6. The van der Waals surface area contributed by atoms with Crippen LogP contribution in [0.5, 0.6) is 0 Å². The second-order valence-corrected chi connectivity index (χ2v) is 8.67. The summed E-state index contributed by atoms with van der Waals surface area (Å²) in [6.07, 6.45) is 5.27. The molecule has 0 unspecified atom stereocenters. The number of hydrogen-bond donors (Lipinski definition) is 1. The summed E-state index contributed by atoms with van der Waals surface area (Å²) in [6.45, 7) is 15.3. The van der Waals surface area contributed by atoms with Gasteiger partial charge in [0.05, 0.1) is 5.60 Å². The molecule has 0 amide bonds. The molecular formula is C21H34O. The van der Waals surface area contributed by atoms with E-state index in [9.17, 15) is 5.11 Å². The van der Waals surface area contributed by atoms with Crippen LogP contribution in [-0.4, -0.2) is 5.11 Å².